The van der Waals surface area contributed by atoms with Crippen LogP contribution in [0.3, 0.4) is 0 Å². The first-order valence-corrected chi connectivity index (χ1v) is 11.1. The quantitative estimate of drug-likeness (QED) is 0.426. The fraction of sp³-hybridized carbons (Fsp3) is 0.192. The van der Waals surface area contributed by atoms with E-state index in [1.54, 1.807) is 36.4 Å². The average molecular weight is 462 g/mol. The molecule has 168 valence electrons. The molecule has 33 heavy (non-hydrogen) atoms. The van der Waals surface area contributed by atoms with Gasteiger partial charge in [-0.25, -0.2) is 0 Å². The van der Waals surface area contributed by atoms with Gasteiger partial charge in [0.2, 0.25) is 5.91 Å². The Morgan fingerprint density at radius 2 is 1.42 bits per heavy atom. The number of aromatic nitrogens is 2. The molecule has 0 saturated heterocycles. The van der Waals surface area contributed by atoms with Crippen molar-refractivity contribution in [1.82, 2.24) is 14.5 Å². The van der Waals surface area contributed by atoms with E-state index in [-0.39, 0.29) is 24.9 Å². The minimum absolute atomic E-state index is 0.121. The van der Waals surface area contributed by atoms with E-state index in [9.17, 15) is 14.4 Å². The lowest BCUT2D eigenvalue weighted by molar-refractivity contribution is -0.121. The largest absolute Gasteiger partial charge is 0.354 e. The SMILES string of the molecule is C[C@@H](CNC(=O)Cn1c(=O)c(=O)n(Cc2ccc(Cl)cc2)c2ccccc21)c1ccccc1. The summed E-state index contributed by atoms with van der Waals surface area (Å²) in [6.45, 7) is 2.46. The predicted molar refractivity (Wildman–Crippen MR) is 131 cm³/mol. The second-order valence-corrected chi connectivity index (χ2v) is 8.45. The standard InChI is InChI=1S/C26H24ClN3O3/c1-18(20-7-3-2-4-8-20)15-28-24(31)17-30-23-10-6-5-9-22(23)29(25(32)26(30)33)16-19-11-13-21(27)14-12-19/h2-14,18H,15-17H2,1H3,(H,28,31)/t18-/m0/s1. The Labute approximate surface area is 196 Å². The monoisotopic (exact) mass is 461 g/mol. The molecule has 7 heteroatoms. The summed E-state index contributed by atoms with van der Waals surface area (Å²) in [5.41, 5.74) is 1.68. The van der Waals surface area contributed by atoms with Crippen molar-refractivity contribution in [2.24, 2.45) is 0 Å². The first-order chi connectivity index (χ1) is 15.9. The van der Waals surface area contributed by atoms with Crippen LogP contribution in [0.1, 0.15) is 24.0 Å². The van der Waals surface area contributed by atoms with Crippen molar-refractivity contribution < 1.29 is 4.79 Å². The van der Waals surface area contributed by atoms with Gasteiger partial charge in [-0.05, 0) is 41.3 Å². The van der Waals surface area contributed by atoms with Crippen molar-refractivity contribution in [3.8, 4) is 0 Å². The number of benzene rings is 3. The van der Waals surface area contributed by atoms with Gasteiger partial charge in [-0.1, -0.05) is 73.1 Å². The zero-order valence-electron chi connectivity index (χ0n) is 18.2. The smallest absolute Gasteiger partial charge is 0.317 e. The lowest BCUT2D eigenvalue weighted by atomic mass is 10.0. The van der Waals surface area contributed by atoms with Crippen LogP contribution in [-0.2, 0) is 17.9 Å². The number of para-hydroxylation sites is 2. The molecule has 1 atom stereocenters. The topological polar surface area (TPSA) is 73.1 Å². The molecule has 1 heterocycles. The molecule has 0 radical (unpaired) electrons. The number of hydrogen-bond acceptors (Lipinski definition) is 3. The summed E-state index contributed by atoms with van der Waals surface area (Å²) in [4.78, 5) is 38.6. The minimum atomic E-state index is -0.728. The maximum absolute atomic E-state index is 13.0. The van der Waals surface area contributed by atoms with Crippen molar-refractivity contribution >= 4 is 28.5 Å². The van der Waals surface area contributed by atoms with Crippen molar-refractivity contribution in [3.63, 3.8) is 0 Å². The molecule has 1 amide bonds. The van der Waals surface area contributed by atoms with Gasteiger partial charge in [-0.2, -0.15) is 0 Å². The summed E-state index contributed by atoms with van der Waals surface area (Å²) in [7, 11) is 0. The number of hydrogen-bond donors (Lipinski definition) is 1. The van der Waals surface area contributed by atoms with Crippen LogP contribution in [-0.4, -0.2) is 21.6 Å². The molecule has 0 aliphatic rings. The van der Waals surface area contributed by atoms with Gasteiger partial charge in [0.25, 0.3) is 0 Å². The number of nitrogens with zero attached hydrogens (tertiary/aromatic N) is 2. The number of carbonyl (C=O) groups excluding carboxylic acids is 1. The molecule has 1 aromatic heterocycles. The number of amides is 1. The van der Waals surface area contributed by atoms with E-state index in [2.05, 4.69) is 5.32 Å². The van der Waals surface area contributed by atoms with Crippen LogP contribution in [0.2, 0.25) is 5.02 Å². The molecule has 0 fully saturated rings. The van der Waals surface area contributed by atoms with Crippen LogP contribution in [0.4, 0.5) is 0 Å². The summed E-state index contributed by atoms with van der Waals surface area (Å²) in [6, 6.07) is 24.1. The third-order valence-electron chi connectivity index (χ3n) is 5.67. The highest BCUT2D eigenvalue weighted by molar-refractivity contribution is 6.30. The van der Waals surface area contributed by atoms with Gasteiger partial charge < -0.3 is 5.32 Å². The molecule has 4 aromatic rings. The zero-order chi connectivity index (χ0) is 23.4. The van der Waals surface area contributed by atoms with Gasteiger partial charge in [0.05, 0.1) is 17.6 Å². The second kappa shape index (κ2) is 9.88. The van der Waals surface area contributed by atoms with Crippen LogP contribution in [0, 0.1) is 0 Å². The molecule has 4 rings (SSSR count). The number of rotatable bonds is 7. The van der Waals surface area contributed by atoms with Crippen LogP contribution < -0.4 is 16.4 Å². The number of nitrogens with one attached hydrogen (secondary N) is 1. The molecular weight excluding hydrogens is 438 g/mol. The Bertz CT molecular complexity index is 1390. The highest BCUT2D eigenvalue weighted by Crippen LogP contribution is 2.15. The van der Waals surface area contributed by atoms with E-state index in [4.69, 9.17) is 11.6 Å². The lowest BCUT2D eigenvalue weighted by Crippen LogP contribution is -2.44. The second-order valence-electron chi connectivity index (χ2n) is 8.01. The van der Waals surface area contributed by atoms with Crippen LogP contribution >= 0.6 is 11.6 Å². The summed E-state index contributed by atoms with van der Waals surface area (Å²) in [5.74, 6) is -0.198. The minimum Gasteiger partial charge on any atom is -0.354 e. The fourth-order valence-electron chi connectivity index (χ4n) is 3.82. The molecule has 0 saturated carbocycles. The van der Waals surface area contributed by atoms with Crippen LogP contribution in [0.15, 0.2) is 88.5 Å². The third kappa shape index (κ3) is 5.07. The number of halogens is 1. The molecule has 1 N–H and O–H groups in total. The van der Waals surface area contributed by atoms with E-state index in [1.807, 2.05) is 49.4 Å². The van der Waals surface area contributed by atoms with E-state index < -0.39 is 11.1 Å². The summed E-state index contributed by atoms with van der Waals surface area (Å²) < 4.78 is 2.69. The van der Waals surface area contributed by atoms with E-state index in [0.717, 1.165) is 11.1 Å². The first-order valence-electron chi connectivity index (χ1n) is 10.7. The molecule has 0 aliphatic heterocycles. The highest BCUT2D eigenvalue weighted by Gasteiger charge is 2.16. The Morgan fingerprint density at radius 1 is 0.848 bits per heavy atom. The maximum atomic E-state index is 13.0. The van der Waals surface area contributed by atoms with Crippen LogP contribution in [0.25, 0.3) is 11.0 Å². The molecule has 3 aromatic carbocycles. The Kier molecular flexibility index (Phi) is 6.75. The maximum Gasteiger partial charge on any atom is 0.317 e. The Balaban J connectivity index is 1.60. The lowest BCUT2D eigenvalue weighted by Gasteiger charge is -2.16. The zero-order valence-corrected chi connectivity index (χ0v) is 19.0. The number of carbonyl (C=O) groups is 1. The van der Waals surface area contributed by atoms with Crippen LogP contribution in [0.5, 0.6) is 0 Å². The Hall–Kier alpha value is -3.64. The normalized spacial score (nSPS) is 11.9. The summed E-state index contributed by atoms with van der Waals surface area (Å²) >= 11 is 5.96. The summed E-state index contributed by atoms with van der Waals surface area (Å²) in [5, 5.41) is 3.48. The van der Waals surface area contributed by atoms with Gasteiger partial charge in [0.15, 0.2) is 0 Å². The molecule has 0 bridgehead atoms. The van der Waals surface area contributed by atoms with E-state index in [1.165, 1.54) is 9.13 Å². The number of fused-ring (bicyclic) bond motifs is 1. The molecular formula is C26H24ClN3O3. The van der Waals surface area contributed by atoms with Gasteiger partial charge in [-0.15, -0.1) is 0 Å². The van der Waals surface area contributed by atoms with Crippen molar-refractivity contribution in [2.75, 3.05) is 6.54 Å². The Morgan fingerprint density at radius 3 is 2.09 bits per heavy atom. The average Bonchev–Trinajstić information content (AvgIpc) is 2.84. The van der Waals surface area contributed by atoms with Gasteiger partial charge in [0, 0.05) is 11.6 Å². The molecule has 0 unspecified atom stereocenters. The molecule has 6 nitrogen and oxygen atoms in total. The van der Waals surface area contributed by atoms with Crippen molar-refractivity contribution in [1.29, 1.82) is 0 Å². The van der Waals surface area contributed by atoms with E-state index >= 15 is 0 Å². The molecule has 0 spiro atoms. The van der Waals surface area contributed by atoms with Gasteiger partial charge in [-0.3, -0.25) is 23.5 Å². The van der Waals surface area contributed by atoms with Gasteiger partial charge in [0.1, 0.15) is 6.54 Å². The molecule has 0 aliphatic carbocycles. The highest BCUT2D eigenvalue weighted by atomic mass is 35.5. The van der Waals surface area contributed by atoms with E-state index in [0.29, 0.717) is 22.6 Å². The third-order valence-corrected chi connectivity index (χ3v) is 5.92. The first kappa shape index (κ1) is 22.6. The van der Waals surface area contributed by atoms with Crippen molar-refractivity contribution in [2.45, 2.75) is 25.9 Å². The summed E-state index contributed by atoms with van der Waals surface area (Å²) in [6.07, 6.45) is 0. The predicted octanol–water partition coefficient (Wildman–Crippen LogP) is 3.78. The van der Waals surface area contributed by atoms with Gasteiger partial charge >= 0.3 is 11.1 Å². The fourth-order valence-corrected chi connectivity index (χ4v) is 3.95. The van der Waals surface area contributed by atoms with Crippen molar-refractivity contribution in [3.05, 3.63) is 116 Å².